The summed E-state index contributed by atoms with van der Waals surface area (Å²) in [5.41, 5.74) is 5.07. The van der Waals surface area contributed by atoms with Crippen LogP contribution < -0.4 is 5.73 Å². The Bertz CT molecular complexity index is 124. The third-order valence-corrected chi connectivity index (χ3v) is 0.905. The van der Waals surface area contributed by atoms with Crippen LogP contribution in [0.3, 0.4) is 0 Å². The number of carboxylic acid groups (broad SMARTS) is 1. The Kier molecular flexibility index (Phi) is 4.53. The number of hydrogen-bond acceptors (Lipinski definition) is 3. The normalized spacial score (nSPS) is 12.5. The molecule has 4 heteroatoms. The zero-order chi connectivity index (χ0) is 7.98. The van der Waals surface area contributed by atoms with Gasteiger partial charge >= 0.3 is 5.97 Å². The standard InChI is InChI=1S/C6H11NO3/c1-2-3-10-5(4-7)6(8)9/h2,5H,1,3-4,7H2,(H,8,9). The molecule has 0 aliphatic carbocycles. The summed E-state index contributed by atoms with van der Waals surface area (Å²) in [6.07, 6.45) is 0.573. The average molecular weight is 145 g/mol. The van der Waals surface area contributed by atoms with Crippen LogP contribution >= 0.6 is 0 Å². The zero-order valence-corrected chi connectivity index (χ0v) is 5.62. The van der Waals surface area contributed by atoms with Crippen molar-refractivity contribution >= 4 is 5.97 Å². The molecule has 0 bridgehead atoms. The number of nitrogens with two attached hydrogens (primary N) is 1. The number of rotatable bonds is 5. The molecule has 0 spiro atoms. The molecule has 0 aromatic rings. The lowest BCUT2D eigenvalue weighted by Crippen LogP contribution is -2.32. The Morgan fingerprint density at radius 2 is 2.50 bits per heavy atom. The summed E-state index contributed by atoms with van der Waals surface area (Å²) in [6, 6.07) is 0. The quantitative estimate of drug-likeness (QED) is 0.516. The van der Waals surface area contributed by atoms with Gasteiger partial charge in [0, 0.05) is 6.54 Å². The topological polar surface area (TPSA) is 72.5 Å². The molecule has 0 aliphatic rings. The highest BCUT2D eigenvalue weighted by atomic mass is 16.5. The molecule has 58 valence electrons. The Morgan fingerprint density at radius 1 is 1.90 bits per heavy atom. The molecule has 1 unspecified atom stereocenters. The molecule has 3 N–H and O–H groups in total. The van der Waals surface area contributed by atoms with E-state index in [1.54, 1.807) is 0 Å². The molecular formula is C6H11NO3. The predicted molar refractivity (Wildman–Crippen MR) is 36.6 cm³/mol. The van der Waals surface area contributed by atoms with Gasteiger partial charge in [0.15, 0.2) is 6.10 Å². The third kappa shape index (κ3) is 3.21. The summed E-state index contributed by atoms with van der Waals surface area (Å²) >= 11 is 0. The van der Waals surface area contributed by atoms with E-state index in [9.17, 15) is 4.79 Å². The molecule has 0 aromatic heterocycles. The van der Waals surface area contributed by atoms with E-state index in [2.05, 4.69) is 6.58 Å². The molecule has 0 heterocycles. The Labute approximate surface area is 59.3 Å². The van der Waals surface area contributed by atoms with Crippen molar-refractivity contribution in [1.29, 1.82) is 0 Å². The van der Waals surface area contributed by atoms with E-state index >= 15 is 0 Å². The minimum Gasteiger partial charge on any atom is -0.479 e. The van der Waals surface area contributed by atoms with Gasteiger partial charge in [-0.1, -0.05) is 6.08 Å². The number of carboxylic acids is 1. The highest BCUT2D eigenvalue weighted by Crippen LogP contribution is 1.88. The van der Waals surface area contributed by atoms with Crippen molar-refractivity contribution in [2.24, 2.45) is 5.73 Å². The number of hydrogen-bond donors (Lipinski definition) is 2. The Balaban J connectivity index is 3.60. The highest BCUT2D eigenvalue weighted by Gasteiger charge is 2.13. The fourth-order valence-electron chi connectivity index (χ4n) is 0.424. The van der Waals surface area contributed by atoms with Crippen LogP contribution in [0.4, 0.5) is 0 Å². The molecule has 10 heavy (non-hydrogen) atoms. The van der Waals surface area contributed by atoms with E-state index < -0.39 is 12.1 Å². The summed E-state index contributed by atoms with van der Waals surface area (Å²) in [5.74, 6) is -1.04. The second kappa shape index (κ2) is 4.96. The fourth-order valence-corrected chi connectivity index (χ4v) is 0.424. The van der Waals surface area contributed by atoms with Crippen LogP contribution in [0.1, 0.15) is 0 Å². The van der Waals surface area contributed by atoms with Gasteiger partial charge in [-0.05, 0) is 0 Å². The summed E-state index contributed by atoms with van der Waals surface area (Å²) in [7, 11) is 0. The monoisotopic (exact) mass is 145 g/mol. The summed E-state index contributed by atoms with van der Waals surface area (Å²) in [6.45, 7) is 3.57. The van der Waals surface area contributed by atoms with Crippen molar-refractivity contribution in [3.05, 3.63) is 12.7 Å². The van der Waals surface area contributed by atoms with Crippen molar-refractivity contribution in [2.75, 3.05) is 13.2 Å². The van der Waals surface area contributed by atoms with Gasteiger partial charge in [0.2, 0.25) is 0 Å². The second-order valence-corrected chi connectivity index (χ2v) is 1.68. The maximum Gasteiger partial charge on any atom is 0.334 e. The Morgan fingerprint density at radius 3 is 2.80 bits per heavy atom. The average Bonchev–Trinajstić information content (AvgIpc) is 1.89. The van der Waals surface area contributed by atoms with Crippen molar-refractivity contribution < 1.29 is 14.6 Å². The first-order valence-electron chi connectivity index (χ1n) is 2.87. The first-order valence-corrected chi connectivity index (χ1v) is 2.87. The highest BCUT2D eigenvalue weighted by molar-refractivity contribution is 5.72. The summed E-state index contributed by atoms with van der Waals surface area (Å²) in [5, 5.41) is 8.36. The second-order valence-electron chi connectivity index (χ2n) is 1.68. The third-order valence-electron chi connectivity index (χ3n) is 0.905. The van der Waals surface area contributed by atoms with Crippen LogP contribution in [0.2, 0.25) is 0 Å². The molecule has 0 aromatic carbocycles. The lowest BCUT2D eigenvalue weighted by molar-refractivity contribution is -0.148. The van der Waals surface area contributed by atoms with E-state index in [-0.39, 0.29) is 13.2 Å². The minimum atomic E-state index is -1.04. The van der Waals surface area contributed by atoms with Gasteiger partial charge in [0.25, 0.3) is 0 Å². The number of ether oxygens (including phenoxy) is 1. The van der Waals surface area contributed by atoms with Gasteiger partial charge in [-0.25, -0.2) is 4.79 Å². The SMILES string of the molecule is C=CCOC(CN)C(=O)O. The Hall–Kier alpha value is -0.870. The molecule has 1 atom stereocenters. The molecule has 0 saturated heterocycles. The van der Waals surface area contributed by atoms with E-state index in [0.717, 1.165) is 0 Å². The molecule has 0 amide bonds. The van der Waals surface area contributed by atoms with Crippen molar-refractivity contribution in [3.63, 3.8) is 0 Å². The van der Waals surface area contributed by atoms with E-state index in [4.69, 9.17) is 15.6 Å². The lowest BCUT2D eigenvalue weighted by atomic mass is 10.4. The minimum absolute atomic E-state index is 0.0107. The number of carbonyl (C=O) groups is 1. The molecule has 0 rings (SSSR count). The van der Waals surface area contributed by atoms with Gasteiger partial charge in [-0.2, -0.15) is 0 Å². The largest absolute Gasteiger partial charge is 0.479 e. The predicted octanol–water partition coefficient (Wildman–Crippen LogP) is -0.399. The van der Waals surface area contributed by atoms with Gasteiger partial charge in [-0.3, -0.25) is 0 Å². The first kappa shape index (κ1) is 9.13. The molecule has 0 saturated carbocycles. The van der Waals surface area contributed by atoms with Crippen molar-refractivity contribution in [2.45, 2.75) is 6.10 Å². The number of aliphatic carboxylic acids is 1. The molecule has 0 aliphatic heterocycles. The summed E-state index contributed by atoms with van der Waals surface area (Å²) < 4.78 is 4.76. The van der Waals surface area contributed by atoms with Gasteiger partial charge in [0.05, 0.1) is 6.61 Å². The molecule has 4 nitrogen and oxygen atoms in total. The zero-order valence-electron chi connectivity index (χ0n) is 5.62. The van der Waals surface area contributed by atoms with Crippen LogP contribution in [0.15, 0.2) is 12.7 Å². The van der Waals surface area contributed by atoms with Crippen LogP contribution in [-0.4, -0.2) is 30.3 Å². The maximum absolute atomic E-state index is 10.2. The smallest absolute Gasteiger partial charge is 0.334 e. The van der Waals surface area contributed by atoms with Gasteiger partial charge in [0.1, 0.15) is 0 Å². The van der Waals surface area contributed by atoms with Gasteiger partial charge in [-0.15, -0.1) is 6.58 Å². The van der Waals surface area contributed by atoms with Crippen LogP contribution in [0.5, 0.6) is 0 Å². The maximum atomic E-state index is 10.2. The lowest BCUT2D eigenvalue weighted by Gasteiger charge is -2.07. The fraction of sp³-hybridized carbons (Fsp3) is 0.500. The van der Waals surface area contributed by atoms with Crippen LogP contribution in [0.25, 0.3) is 0 Å². The van der Waals surface area contributed by atoms with Crippen LogP contribution in [-0.2, 0) is 9.53 Å². The molecular weight excluding hydrogens is 134 g/mol. The first-order chi connectivity index (χ1) is 4.72. The van der Waals surface area contributed by atoms with E-state index in [1.807, 2.05) is 0 Å². The van der Waals surface area contributed by atoms with Crippen LogP contribution in [0, 0.1) is 0 Å². The molecule has 0 radical (unpaired) electrons. The van der Waals surface area contributed by atoms with E-state index in [0.29, 0.717) is 0 Å². The summed E-state index contributed by atoms with van der Waals surface area (Å²) in [4.78, 5) is 10.2. The van der Waals surface area contributed by atoms with E-state index in [1.165, 1.54) is 6.08 Å². The molecule has 0 fully saturated rings. The van der Waals surface area contributed by atoms with Crippen molar-refractivity contribution in [1.82, 2.24) is 0 Å². The van der Waals surface area contributed by atoms with Gasteiger partial charge < -0.3 is 15.6 Å². The van der Waals surface area contributed by atoms with Crippen molar-refractivity contribution in [3.8, 4) is 0 Å².